The predicted octanol–water partition coefficient (Wildman–Crippen LogP) is 7.70. The van der Waals surface area contributed by atoms with Crippen LogP contribution < -0.4 is 5.32 Å². The highest BCUT2D eigenvalue weighted by molar-refractivity contribution is 6.21. The van der Waals surface area contributed by atoms with Crippen LogP contribution >= 0.6 is 11.6 Å². The molecule has 4 unspecified atom stereocenters. The molecule has 0 aromatic rings. The third-order valence-corrected chi connectivity index (χ3v) is 11.5. The van der Waals surface area contributed by atoms with Gasteiger partial charge in [-0.05, 0) is 132 Å². The zero-order valence-corrected chi connectivity index (χ0v) is 26.7. The van der Waals surface area contributed by atoms with Gasteiger partial charge in [-0.3, -0.25) is 0 Å². The molecule has 0 spiro atoms. The number of hydrogen-bond acceptors (Lipinski definition) is 3. The standard InChI is InChI=1S/C34H62ClN3/c1-25(2)33(23-38-19-18-32(34(3,4)24-38)29-14-16-31(35)17-15-29)36-21-27-8-7-9-30(20-27)28-12-10-26(11-13-28)22-37(5)6/h14,16,25-33,36H,7-13,15,17-24H2,1-6H3/t26?,27?,28?,29?,30?,31?,32-,33+/m1/s1. The molecule has 0 radical (unpaired) electrons. The monoisotopic (exact) mass is 547 g/mol. The van der Waals surface area contributed by atoms with Gasteiger partial charge >= 0.3 is 0 Å². The van der Waals surface area contributed by atoms with Crippen LogP contribution in [0.4, 0.5) is 0 Å². The highest BCUT2D eigenvalue weighted by Crippen LogP contribution is 2.44. The Morgan fingerprint density at radius 3 is 2.32 bits per heavy atom. The molecule has 1 N–H and O–H groups in total. The zero-order valence-electron chi connectivity index (χ0n) is 25.9. The number of alkyl halides is 1. The van der Waals surface area contributed by atoms with Gasteiger partial charge in [0.2, 0.25) is 0 Å². The van der Waals surface area contributed by atoms with Gasteiger partial charge in [0.25, 0.3) is 0 Å². The van der Waals surface area contributed by atoms with Crippen molar-refractivity contribution in [2.75, 3.05) is 46.8 Å². The predicted molar refractivity (Wildman–Crippen MR) is 166 cm³/mol. The van der Waals surface area contributed by atoms with Crippen molar-refractivity contribution in [3.8, 4) is 0 Å². The van der Waals surface area contributed by atoms with Crippen LogP contribution in [-0.4, -0.2) is 68.0 Å². The molecule has 3 aliphatic carbocycles. The Hall–Kier alpha value is -0.0900. The van der Waals surface area contributed by atoms with Crippen LogP contribution in [0.1, 0.15) is 98.3 Å². The molecule has 220 valence electrons. The second kappa shape index (κ2) is 14.2. The van der Waals surface area contributed by atoms with Gasteiger partial charge in [-0.2, -0.15) is 0 Å². The summed E-state index contributed by atoms with van der Waals surface area (Å²) in [5.74, 6) is 6.04. The molecule has 3 fully saturated rings. The summed E-state index contributed by atoms with van der Waals surface area (Å²) in [5, 5.41) is 4.38. The van der Waals surface area contributed by atoms with Crippen LogP contribution in [0.25, 0.3) is 0 Å². The van der Waals surface area contributed by atoms with Crippen molar-refractivity contribution < 1.29 is 0 Å². The summed E-state index contributed by atoms with van der Waals surface area (Å²) in [7, 11) is 4.48. The number of nitrogens with zero attached hydrogens (tertiary/aromatic N) is 2. The van der Waals surface area contributed by atoms with Gasteiger partial charge in [0.1, 0.15) is 0 Å². The molecule has 2 saturated carbocycles. The summed E-state index contributed by atoms with van der Waals surface area (Å²) in [5.41, 5.74) is 0.371. The van der Waals surface area contributed by atoms with E-state index in [1.807, 2.05) is 0 Å². The molecule has 0 aromatic carbocycles. The average molecular weight is 548 g/mol. The molecular formula is C34H62ClN3. The van der Waals surface area contributed by atoms with Gasteiger partial charge in [0, 0.05) is 25.7 Å². The van der Waals surface area contributed by atoms with Crippen molar-refractivity contribution in [3.05, 3.63) is 12.2 Å². The van der Waals surface area contributed by atoms with Crippen LogP contribution in [-0.2, 0) is 0 Å². The highest BCUT2D eigenvalue weighted by atomic mass is 35.5. The van der Waals surface area contributed by atoms with E-state index in [1.54, 1.807) is 0 Å². The maximum Gasteiger partial charge on any atom is 0.0516 e. The van der Waals surface area contributed by atoms with E-state index in [4.69, 9.17) is 11.6 Å². The van der Waals surface area contributed by atoms with E-state index < -0.39 is 0 Å². The van der Waals surface area contributed by atoms with Crippen molar-refractivity contribution in [3.63, 3.8) is 0 Å². The minimum absolute atomic E-state index is 0.259. The first-order chi connectivity index (χ1) is 18.1. The number of hydrogen-bond donors (Lipinski definition) is 1. The Morgan fingerprint density at radius 1 is 0.921 bits per heavy atom. The molecule has 4 heteroatoms. The molecule has 0 aromatic heterocycles. The van der Waals surface area contributed by atoms with E-state index in [1.165, 1.54) is 96.9 Å². The average Bonchev–Trinajstić information content (AvgIpc) is 2.87. The Labute approximate surface area is 241 Å². The Bertz CT molecular complexity index is 725. The summed E-state index contributed by atoms with van der Waals surface area (Å²) in [4.78, 5) is 5.19. The summed E-state index contributed by atoms with van der Waals surface area (Å²) >= 11 is 6.35. The van der Waals surface area contributed by atoms with Gasteiger partial charge in [-0.15, -0.1) is 11.6 Å². The maximum absolute atomic E-state index is 6.35. The topological polar surface area (TPSA) is 18.5 Å². The fourth-order valence-electron chi connectivity index (χ4n) is 8.99. The summed E-state index contributed by atoms with van der Waals surface area (Å²) in [6.45, 7) is 16.2. The Morgan fingerprint density at radius 2 is 1.68 bits per heavy atom. The van der Waals surface area contributed by atoms with E-state index in [2.05, 4.69) is 69.1 Å². The lowest BCUT2D eigenvalue weighted by Crippen LogP contribution is -2.53. The second-order valence-corrected chi connectivity index (χ2v) is 15.9. The summed E-state index contributed by atoms with van der Waals surface area (Å²) in [6, 6.07) is 0.607. The first-order valence-corrected chi connectivity index (χ1v) is 17.0. The molecule has 3 nitrogen and oxygen atoms in total. The molecular weight excluding hydrogens is 486 g/mol. The molecule has 1 saturated heterocycles. The SMILES string of the molecule is CC(C)[C@H](CN1CC[C@H](C2C=CC(Cl)CC2)C(C)(C)C1)NCC1CCCC(C2CCC(CN(C)C)CC2)C1. The van der Waals surface area contributed by atoms with Crippen molar-refractivity contribution in [2.24, 2.45) is 46.8 Å². The molecule has 1 heterocycles. The molecule has 4 rings (SSSR count). The van der Waals surface area contributed by atoms with Crippen LogP contribution in [0.15, 0.2) is 12.2 Å². The fraction of sp³-hybridized carbons (Fsp3) is 0.941. The molecule has 1 aliphatic heterocycles. The van der Waals surface area contributed by atoms with Crippen molar-refractivity contribution in [1.82, 2.24) is 15.1 Å². The molecule has 0 bridgehead atoms. The normalized spacial score (nSPS) is 37.6. The minimum Gasteiger partial charge on any atom is -0.312 e. The van der Waals surface area contributed by atoms with Gasteiger partial charge in [0.05, 0.1) is 5.38 Å². The molecule has 4 aliphatic rings. The first-order valence-electron chi connectivity index (χ1n) is 16.5. The third-order valence-electron chi connectivity index (χ3n) is 11.2. The quantitative estimate of drug-likeness (QED) is 0.223. The van der Waals surface area contributed by atoms with E-state index in [9.17, 15) is 0 Å². The lowest BCUT2D eigenvalue weighted by atomic mass is 9.65. The number of likely N-dealkylation sites (tertiary alicyclic amines) is 1. The molecule has 38 heavy (non-hydrogen) atoms. The van der Waals surface area contributed by atoms with Crippen molar-refractivity contribution in [1.29, 1.82) is 0 Å². The molecule has 0 amide bonds. The van der Waals surface area contributed by atoms with Crippen LogP contribution in [0.3, 0.4) is 0 Å². The van der Waals surface area contributed by atoms with Crippen molar-refractivity contribution >= 4 is 11.6 Å². The smallest absolute Gasteiger partial charge is 0.0516 e. The second-order valence-electron chi connectivity index (χ2n) is 15.4. The lowest BCUT2D eigenvalue weighted by molar-refractivity contribution is 0.0214. The first kappa shape index (κ1) is 30.9. The number of nitrogens with one attached hydrogen (secondary N) is 1. The maximum atomic E-state index is 6.35. The Kier molecular flexibility index (Phi) is 11.5. The van der Waals surface area contributed by atoms with Crippen LogP contribution in [0.5, 0.6) is 0 Å². The third kappa shape index (κ3) is 8.70. The number of allylic oxidation sites excluding steroid dienone is 2. The van der Waals surface area contributed by atoms with E-state index in [0.29, 0.717) is 17.4 Å². The van der Waals surface area contributed by atoms with Gasteiger partial charge in [-0.25, -0.2) is 0 Å². The highest BCUT2D eigenvalue weighted by Gasteiger charge is 2.40. The zero-order chi connectivity index (χ0) is 27.3. The van der Waals surface area contributed by atoms with Crippen LogP contribution in [0, 0.1) is 46.8 Å². The van der Waals surface area contributed by atoms with E-state index in [-0.39, 0.29) is 5.38 Å². The van der Waals surface area contributed by atoms with Gasteiger partial charge < -0.3 is 15.1 Å². The minimum atomic E-state index is 0.259. The fourth-order valence-corrected chi connectivity index (χ4v) is 9.20. The number of halogens is 1. The number of piperidine rings is 1. The van der Waals surface area contributed by atoms with E-state index >= 15 is 0 Å². The largest absolute Gasteiger partial charge is 0.312 e. The lowest BCUT2D eigenvalue weighted by Gasteiger charge is -2.48. The van der Waals surface area contributed by atoms with Gasteiger partial charge in [-0.1, -0.05) is 52.7 Å². The number of rotatable bonds is 10. The Balaban J connectivity index is 1.23. The molecule has 6 atom stereocenters. The summed E-state index contributed by atoms with van der Waals surface area (Å²) < 4.78 is 0. The summed E-state index contributed by atoms with van der Waals surface area (Å²) in [6.07, 6.45) is 20.3. The van der Waals surface area contributed by atoms with Gasteiger partial charge in [0.15, 0.2) is 0 Å². The van der Waals surface area contributed by atoms with E-state index in [0.717, 1.165) is 41.9 Å². The van der Waals surface area contributed by atoms with Crippen molar-refractivity contribution in [2.45, 2.75) is 110 Å². The van der Waals surface area contributed by atoms with Crippen LogP contribution in [0.2, 0.25) is 0 Å².